The van der Waals surface area contributed by atoms with Gasteiger partial charge in [0.15, 0.2) is 6.61 Å². The van der Waals surface area contributed by atoms with Crippen LogP contribution in [0.4, 0.5) is 0 Å². The van der Waals surface area contributed by atoms with Crippen LogP contribution in [0.25, 0.3) is 0 Å². The lowest BCUT2D eigenvalue weighted by Crippen LogP contribution is -2.32. The maximum Gasteiger partial charge on any atom is 0.258 e. The number of rotatable bonds is 5. The first-order chi connectivity index (χ1) is 9.65. The van der Waals surface area contributed by atoms with Crippen molar-refractivity contribution in [2.45, 2.75) is 13.3 Å². The van der Waals surface area contributed by atoms with E-state index in [1.807, 2.05) is 13.0 Å². The van der Waals surface area contributed by atoms with Crippen molar-refractivity contribution in [3.8, 4) is 5.75 Å². The van der Waals surface area contributed by atoms with Crippen molar-refractivity contribution >= 4 is 17.5 Å². The number of carbonyl (C=O) groups excluding carboxylic acids is 1. The molecular weight excluding hydrogens is 276 g/mol. The second-order valence-electron chi connectivity index (χ2n) is 4.79. The molecule has 0 aliphatic carbocycles. The Balaban J connectivity index is 1.74. The van der Waals surface area contributed by atoms with Gasteiger partial charge in [-0.25, -0.2) is 0 Å². The number of carbonyl (C=O) groups is 1. The summed E-state index contributed by atoms with van der Waals surface area (Å²) in [5, 5.41) is 6.79. The zero-order valence-corrected chi connectivity index (χ0v) is 12.3. The van der Waals surface area contributed by atoms with E-state index in [1.54, 1.807) is 12.1 Å². The highest BCUT2D eigenvalue weighted by atomic mass is 35.5. The molecular formula is C15H19ClN2O2. The van der Waals surface area contributed by atoms with Gasteiger partial charge in [-0.3, -0.25) is 4.79 Å². The van der Waals surface area contributed by atoms with Crippen LogP contribution in [0.1, 0.15) is 12.0 Å². The number of hydrogen-bond acceptors (Lipinski definition) is 3. The Hall–Kier alpha value is -1.52. The first-order valence-corrected chi connectivity index (χ1v) is 7.07. The Labute approximate surface area is 124 Å². The molecule has 0 saturated heterocycles. The van der Waals surface area contributed by atoms with Gasteiger partial charge < -0.3 is 15.4 Å². The lowest BCUT2D eigenvalue weighted by atomic mass is 10.1. The second-order valence-corrected chi connectivity index (χ2v) is 5.20. The Bertz CT molecular complexity index is 515. The molecule has 0 unspecified atom stereocenters. The van der Waals surface area contributed by atoms with Crippen LogP contribution < -0.4 is 15.4 Å². The fourth-order valence-corrected chi connectivity index (χ4v) is 2.07. The molecule has 0 bridgehead atoms. The van der Waals surface area contributed by atoms with Crippen molar-refractivity contribution in [2.24, 2.45) is 0 Å². The van der Waals surface area contributed by atoms with E-state index in [2.05, 4.69) is 16.7 Å². The molecule has 1 amide bonds. The second kappa shape index (κ2) is 7.31. The van der Waals surface area contributed by atoms with Gasteiger partial charge in [-0.2, -0.15) is 0 Å². The summed E-state index contributed by atoms with van der Waals surface area (Å²) in [6.45, 7) is 4.38. The lowest BCUT2D eigenvalue weighted by molar-refractivity contribution is -0.122. The summed E-state index contributed by atoms with van der Waals surface area (Å²) in [5.74, 6) is 0.542. The van der Waals surface area contributed by atoms with Crippen LogP contribution in [0.2, 0.25) is 5.02 Å². The maximum atomic E-state index is 11.7. The van der Waals surface area contributed by atoms with Crippen molar-refractivity contribution < 1.29 is 9.53 Å². The van der Waals surface area contributed by atoms with Crippen LogP contribution >= 0.6 is 11.6 Å². The van der Waals surface area contributed by atoms with E-state index in [-0.39, 0.29) is 12.5 Å². The Morgan fingerprint density at radius 1 is 1.50 bits per heavy atom. The van der Waals surface area contributed by atoms with Crippen molar-refractivity contribution in [2.75, 3.05) is 26.2 Å². The van der Waals surface area contributed by atoms with Gasteiger partial charge in [0.2, 0.25) is 0 Å². The molecule has 2 N–H and O–H groups in total. The topological polar surface area (TPSA) is 50.4 Å². The number of nitrogens with one attached hydrogen (secondary N) is 2. The number of halogens is 1. The van der Waals surface area contributed by atoms with E-state index in [0.717, 1.165) is 25.1 Å². The third-order valence-electron chi connectivity index (χ3n) is 3.17. The monoisotopic (exact) mass is 294 g/mol. The Kier molecular flexibility index (Phi) is 5.44. The molecule has 0 radical (unpaired) electrons. The summed E-state index contributed by atoms with van der Waals surface area (Å²) >= 11 is 5.93. The molecule has 1 aliphatic heterocycles. The largest absolute Gasteiger partial charge is 0.484 e. The van der Waals surface area contributed by atoms with Gasteiger partial charge in [0.25, 0.3) is 5.91 Å². The minimum absolute atomic E-state index is 0.0204. The predicted octanol–water partition coefficient (Wildman–Crippen LogP) is 2.06. The molecule has 0 atom stereocenters. The molecule has 1 heterocycles. The van der Waals surface area contributed by atoms with Crippen molar-refractivity contribution in [1.29, 1.82) is 0 Å². The summed E-state index contributed by atoms with van der Waals surface area (Å²) in [6, 6.07) is 5.35. The van der Waals surface area contributed by atoms with Crippen LogP contribution in [0.3, 0.4) is 0 Å². The van der Waals surface area contributed by atoms with Crippen molar-refractivity contribution in [3.63, 3.8) is 0 Å². The SMILES string of the molecule is Cc1cc(OCC(=O)NCC2=CCNCC2)ccc1Cl. The summed E-state index contributed by atoms with van der Waals surface area (Å²) in [6.07, 6.45) is 3.10. The van der Waals surface area contributed by atoms with E-state index in [4.69, 9.17) is 16.3 Å². The highest BCUT2D eigenvalue weighted by Crippen LogP contribution is 2.20. The predicted molar refractivity (Wildman–Crippen MR) is 80.3 cm³/mol. The fourth-order valence-electron chi connectivity index (χ4n) is 1.95. The lowest BCUT2D eigenvalue weighted by Gasteiger charge is -2.14. The minimum atomic E-state index is -0.114. The smallest absolute Gasteiger partial charge is 0.258 e. The average Bonchev–Trinajstić information content (AvgIpc) is 2.47. The van der Waals surface area contributed by atoms with Gasteiger partial charge in [0, 0.05) is 18.1 Å². The molecule has 1 aromatic carbocycles. The van der Waals surface area contributed by atoms with Crippen molar-refractivity contribution in [1.82, 2.24) is 10.6 Å². The third kappa shape index (κ3) is 4.54. The van der Waals surface area contributed by atoms with Gasteiger partial charge in [0.1, 0.15) is 5.75 Å². The minimum Gasteiger partial charge on any atom is -0.484 e. The molecule has 0 aromatic heterocycles. The summed E-state index contributed by atoms with van der Waals surface area (Å²) in [4.78, 5) is 11.7. The van der Waals surface area contributed by atoms with Crippen LogP contribution in [0.5, 0.6) is 5.75 Å². The van der Waals surface area contributed by atoms with Crippen molar-refractivity contribution in [3.05, 3.63) is 40.4 Å². The summed E-state index contributed by atoms with van der Waals surface area (Å²) in [5.41, 5.74) is 2.20. The van der Waals surface area contributed by atoms with Crippen LogP contribution in [0, 0.1) is 6.92 Å². The van der Waals surface area contributed by atoms with Gasteiger partial charge >= 0.3 is 0 Å². The quantitative estimate of drug-likeness (QED) is 0.818. The summed E-state index contributed by atoms with van der Waals surface area (Å²) < 4.78 is 5.44. The van der Waals surface area contributed by atoms with E-state index in [9.17, 15) is 4.79 Å². The van der Waals surface area contributed by atoms with E-state index < -0.39 is 0 Å². The third-order valence-corrected chi connectivity index (χ3v) is 3.59. The Morgan fingerprint density at radius 3 is 3.05 bits per heavy atom. The fraction of sp³-hybridized carbons (Fsp3) is 0.400. The highest BCUT2D eigenvalue weighted by molar-refractivity contribution is 6.31. The number of amides is 1. The zero-order chi connectivity index (χ0) is 14.4. The number of benzene rings is 1. The van der Waals surface area contributed by atoms with E-state index in [1.165, 1.54) is 5.57 Å². The van der Waals surface area contributed by atoms with E-state index >= 15 is 0 Å². The number of hydrogen-bond donors (Lipinski definition) is 2. The van der Waals surface area contributed by atoms with Crippen LogP contribution in [-0.2, 0) is 4.79 Å². The normalized spacial score (nSPS) is 14.6. The van der Waals surface area contributed by atoms with Gasteiger partial charge in [-0.15, -0.1) is 0 Å². The molecule has 1 aliphatic rings. The van der Waals surface area contributed by atoms with Crippen LogP contribution in [0.15, 0.2) is 29.8 Å². The molecule has 108 valence electrons. The maximum absolute atomic E-state index is 11.7. The average molecular weight is 295 g/mol. The number of aryl methyl sites for hydroxylation is 1. The summed E-state index contributed by atoms with van der Waals surface area (Å²) in [7, 11) is 0. The molecule has 20 heavy (non-hydrogen) atoms. The molecule has 0 spiro atoms. The first-order valence-electron chi connectivity index (χ1n) is 6.69. The first kappa shape index (κ1) is 14.9. The molecule has 2 rings (SSSR count). The number of ether oxygens (including phenoxy) is 1. The highest BCUT2D eigenvalue weighted by Gasteiger charge is 2.07. The standard InChI is InChI=1S/C15H19ClN2O2/c1-11-8-13(2-3-14(11)16)20-10-15(19)18-9-12-4-6-17-7-5-12/h2-4,8,17H,5-7,9-10H2,1H3,(H,18,19). The zero-order valence-electron chi connectivity index (χ0n) is 11.5. The molecule has 5 heteroatoms. The van der Waals surface area contributed by atoms with E-state index in [0.29, 0.717) is 17.3 Å². The molecule has 0 fully saturated rings. The van der Waals surface area contributed by atoms with Crippen LogP contribution in [-0.4, -0.2) is 32.1 Å². The molecule has 1 aromatic rings. The molecule has 0 saturated carbocycles. The molecule has 4 nitrogen and oxygen atoms in total. The van der Waals surface area contributed by atoms with Gasteiger partial charge in [-0.1, -0.05) is 23.3 Å². The van der Waals surface area contributed by atoms with Gasteiger partial charge in [-0.05, 0) is 43.7 Å². The van der Waals surface area contributed by atoms with Gasteiger partial charge in [0.05, 0.1) is 0 Å². The Morgan fingerprint density at radius 2 is 2.35 bits per heavy atom.